The molecule has 0 saturated carbocycles. The van der Waals surface area contributed by atoms with E-state index >= 15 is 0 Å². The molecule has 0 heterocycles. The monoisotopic (exact) mass is 274 g/mol. The van der Waals surface area contributed by atoms with Gasteiger partial charge in [-0.05, 0) is 34.5 Å². The van der Waals surface area contributed by atoms with Crippen molar-refractivity contribution in [1.82, 2.24) is 0 Å². The maximum atomic E-state index is 13.7. The van der Waals surface area contributed by atoms with Crippen LogP contribution < -0.4 is 4.74 Å². The molecule has 82 valence electrons. The number of methoxy groups -OCH3 is 1. The second-order valence-corrected chi connectivity index (χ2v) is 4.38. The van der Waals surface area contributed by atoms with Crippen LogP contribution in [0.15, 0.2) is 24.3 Å². The Morgan fingerprint density at radius 1 is 1.60 bits per heavy atom. The normalized spacial score (nSPS) is 14.4. The molecule has 0 saturated heterocycles. The van der Waals surface area contributed by atoms with E-state index in [0.29, 0.717) is 11.3 Å². The molecule has 0 aliphatic heterocycles. The van der Waals surface area contributed by atoms with Crippen LogP contribution in [0.2, 0.25) is 0 Å². The first-order valence-electron chi connectivity index (χ1n) is 4.58. The fourth-order valence-corrected chi connectivity index (χ4v) is 1.36. The molecule has 0 aromatic heterocycles. The Hall–Kier alpha value is -0.900. The summed E-state index contributed by atoms with van der Waals surface area (Å²) in [5.74, 6) is -0.0378. The number of hydrogen-bond donors (Lipinski definition) is 0. The van der Waals surface area contributed by atoms with E-state index in [-0.39, 0.29) is 6.42 Å². The third-order valence-electron chi connectivity index (χ3n) is 2.11. The average Bonchev–Trinajstić information content (AvgIpc) is 2.28. The molecule has 1 aromatic rings. The number of benzene rings is 1. The maximum absolute atomic E-state index is 13.7. The van der Waals surface area contributed by atoms with Gasteiger partial charge in [-0.15, -0.1) is 0 Å². The first-order chi connectivity index (χ1) is 7.01. The molecule has 1 rings (SSSR count). The van der Waals surface area contributed by atoms with Crippen LogP contribution in [-0.2, 0) is 0 Å². The fraction of sp³-hybridized carbons (Fsp3) is 0.364. The van der Waals surface area contributed by atoms with Gasteiger partial charge >= 0.3 is 0 Å². The van der Waals surface area contributed by atoms with Crippen LogP contribution in [0.1, 0.15) is 23.7 Å². The summed E-state index contributed by atoms with van der Waals surface area (Å²) >= 11 is 2.77. The molecule has 0 radical (unpaired) electrons. The predicted octanol–water partition coefficient (Wildman–Crippen LogP) is 3.35. The standard InChI is InChI=1S/C11H12BrFO2/c1-3-11(12,13)10(14)8-5-4-6-9(7-8)15-2/h4-7H,3H2,1-2H3. The lowest BCUT2D eigenvalue weighted by atomic mass is 10.1. The van der Waals surface area contributed by atoms with Crippen molar-refractivity contribution in [3.63, 3.8) is 0 Å². The van der Waals surface area contributed by atoms with Crippen LogP contribution in [0.5, 0.6) is 5.75 Å². The van der Waals surface area contributed by atoms with Crippen molar-refractivity contribution >= 4 is 21.7 Å². The quantitative estimate of drug-likeness (QED) is 0.622. The molecule has 0 amide bonds. The van der Waals surface area contributed by atoms with Crippen LogP contribution >= 0.6 is 15.9 Å². The van der Waals surface area contributed by atoms with E-state index in [0.717, 1.165) is 0 Å². The molecule has 2 nitrogen and oxygen atoms in total. The highest BCUT2D eigenvalue weighted by molar-refractivity contribution is 9.10. The fourth-order valence-electron chi connectivity index (χ4n) is 1.14. The molecule has 0 N–H and O–H groups in total. The van der Waals surface area contributed by atoms with E-state index in [2.05, 4.69) is 15.9 Å². The zero-order valence-corrected chi connectivity index (χ0v) is 10.2. The third kappa shape index (κ3) is 2.78. The van der Waals surface area contributed by atoms with Crippen LogP contribution in [0, 0.1) is 0 Å². The van der Waals surface area contributed by atoms with Gasteiger partial charge in [0.05, 0.1) is 7.11 Å². The molecule has 0 fully saturated rings. The minimum Gasteiger partial charge on any atom is -0.497 e. The van der Waals surface area contributed by atoms with Gasteiger partial charge in [-0.3, -0.25) is 4.79 Å². The van der Waals surface area contributed by atoms with Crippen molar-refractivity contribution in [1.29, 1.82) is 0 Å². The molecule has 0 bridgehead atoms. The van der Waals surface area contributed by atoms with Gasteiger partial charge in [0.1, 0.15) is 5.75 Å². The van der Waals surface area contributed by atoms with Crippen molar-refractivity contribution in [2.75, 3.05) is 7.11 Å². The summed E-state index contributed by atoms with van der Waals surface area (Å²) in [6.45, 7) is 1.60. The smallest absolute Gasteiger partial charge is 0.226 e. The van der Waals surface area contributed by atoms with Crippen molar-refractivity contribution in [3.8, 4) is 5.75 Å². The molecule has 0 aliphatic rings. The SMILES string of the molecule is CCC(F)(Br)C(=O)c1cccc(OC)c1. The van der Waals surface area contributed by atoms with E-state index in [9.17, 15) is 9.18 Å². The number of rotatable bonds is 4. The Bertz CT molecular complexity index is 363. The summed E-state index contributed by atoms with van der Waals surface area (Å²) < 4.78 is 16.6. The molecular weight excluding hydrogens is 263 g/mol. The van der Waals surface area contributed by atoms with Crippen LogP contribution in [-0.4, -0.2) is 17.5 Å². The summed E-state index contributed by atoms with van der Waals surface area (Å²) in [5.41, 5.74) is 0.301. The zero-order valence-electron chi connectivity index (χ0n) is 8.59. The highest BCUT2D eigenvalue weighted by Crippen LogP contribution is 2.29. The van der Waals surface area contributed by atoms with E-state index in [1.54, 1.807) is 25.1 Å². The largest absolute Gasteiger partial charge is 0.497 e. The molecule has 0 spiro atoms. The van der Waals surface area contributed by atoms with Gasteiger partial charge in [0.2, 0.25) is 10.4 Å². The van der Waals surface area contributed by atoms with Crippen LogP contribution in [0.25, 0.3) is 0 Å². The summed E-state index contributed by atoms with van der Waals surface area (Å²) in [6, 6.07) is 6.45. The van der Waals surface area contributed by atoms with Gasteiger partial charge in [-0.25, -0.2) is 4.39 Å². The van der Waals surface area contributed by atoms with Crippen LogP contribution in [0.4, 0.5) is 4.39 Å². The number of hydrogen-bond acceptors (Lipinski definition) is 2. The Labute approximate surface area is 96.6 Å². The third-order valence-corrected chi connectivity index (χ3v) is 3.03. The lowest BCUT2D eigenvalue weighted by Gasteiger charge is -2.14. The molecule has 1 aromatic carbocycles. The van der Waals surface area contributed by atoms with Crippen molar-refractivity contribution in [3.05, 3.63) is 29.8 Å². The molecule has 4 heteroatoms. The highest BCUT2D eigenvalue weighted by Gasteiger charge is 2.33. The maximum Gasteiger partial charge on any atom is 0.226 e. The Kier molecular flexibility index (Phi) is 3.85. The van der Waals surface area contributed by atoms with Crippen LogP contribution in [0.3, 0.4) is 0 Å². The second kappa shape index (κ2) is 4.75. The second-order valence-electron chi connectivity index (χ2n) is 3.12. The summed E-state index contributed by atoms with van der Waals surface area (Å²) in [5, 5.41) is 0. The van der Waals surface area contributed by atoms with Crippen molar-refractivity contribution < 1.29 is 13.9 Å². The Morgan fingerprint density at radius 3 is 2.80 bits per heavy atom. The zero-order chi connectivity index (χ0) is 11.5. The first-order valence-corrected chi connectivity index (χ1v) is 5.37. The topological polar surface area (TPSA) is 26.3 Å². The van der Waals surface area contributed by atoms with E-state index in [1.807, 2.05) is 0 Å². The number of carbonyl (C=O) groups excluding carboxylic acids is 1. The lowest BCUT2D eigenvalue weighted by molar-refractivity contribution is 0.0843. The highest BCUT2D eigenvalue weighted by atomic mass is 79.9. The van der Waals surface area contributed by atoms with E-state index in [4.69, 9.17) is 4.74 Å². The molecule has 1 atom stereocenters. The number of ether oxygens (including phenoxy) is 1. The van der Waals surface area contributed by atoms with Gasteiger partial charge < -0.3 is 4.74 Å². The molecule has 1 unspecified atom stereocenters. The van der Waals surface area contributed by atoms with Gasteiger partial charge in [0.25, 0.3) is 0 Å². The number of halogens is 2. The number of ketones is 1. The van der Waals surface area contributed by atoms with Gasteiger partial charge in [0, 0.05) is 5.56 Å². The first kappa shape index (κ1) is 12.2. The van der Waals surface area contributed by atoms with Gasteiger partial charge in [-0.1, -0.05) is 19.1 Å². The Balaban J connectivity index is 3.01. The lowest BCUT2D eigenvalue weighted by Crippen LogP contribution is -2.25. The van der Waals surface area contributed by atoms with E-state index < -0.39 is 10.4 Å². The predicted molar refractivity (Wildman–Crippen MR) is 60.4 cm³/mol. The molecular formula is C11H12BrFO2. The minimum atomic E-state index is -1.99. The van der Waals surface area contributed by atoms with Gasteiger partial charge in [0.15, 0.2) is 0 Å². The van der Waals surface area contributed by atoms with E-state index in [1.165, 1.54) is 13.2 Å². The molecule has 0 aliphatic carbocycles. The van der Waals surface area contributed by atoms with Crippen molar-refractivity contribution in [2.45, 2.75) is 17.9 Å². The summed E-state index contributed by atoms with van der Waals surface area (Å²) in [4.78, 5) is 11.7. The number of alkyl halides is 2. The number of carbonyl (C=O) groups is 1. The minimum absolute atomic E-state index is 0.0864. The average molecular weight is 275 g/mol. The summed E-state index contributed by atoms with van der Waals surface area (Å²) in [7, 11) is 1.50. The number of Topliss-reactive ketones (excluding diaryl/α,β-unsaturated/α-hetero) is 1. The van der Waals surface area contributed by atoms with Crippen molar-refractivity contribution in [2.24, 2.45) is 0 Å². The van der Waals surface area contributed by atoms with Gasteiger partial charge in [-0.2, -0.15) is 0 Å². The molecule has 15 heavy (non-hydrogen) atoms. The summed E-state index contributed by atoms with van der Waals surface area (Å²) in [6.07, 6.45) is 0.0864. The Morgan fingerprint density at radius 2 is 2.27 bits per heavy atom.